The number of nitriles is 1. The summed E-state index contributed by atoms with van der Waals surface area (Å²) in [5, 5.41) is 11.7. The molecule has 3 rings (SSSR count). The first-order valence-electron chi connectivity index (χ1n) is 8.26. The Labute approximate surface area is 156 Å². The molecule has 0 aromatic heterocycles. The Morgan fingerprint density at radius 1 is 1.41 bits per heavy atom. The highest BCUT2D eigenvalue weighted by atomic mass is 16.5. The van der Waals surface area contributed by atoms with Crippen LogP contribution < -0.4 is 5.32 Å². The van der Waals surface area contributed by atoms with Gasteiger partial charge in [0.2, 0.25) is 0 Å². The van der Waals surface area contributed by atoms with Crippen molar-refractivity contribution in [2.24, 2.45) is 15.9 Å². The lowest BCUT2D eigenvalue weighted by atomic mass is 9.95. The predicted octanol–water partition coefficient (Wildman–Crippen LogP) is 2.75. The molecular weight excluding hydrogens is 346 g/mol. The summed E-state index contributed by atoms with van der Waals surface area (Å²) >= 11 is 0. The van der Waals surface area contributed by atoms with Gasteiger partial charge in [0, 0.05) is 7.11 Å². The number of amidine groups is 1. The quantitative estimate of drug-likeness (QED) is 0.887. The standard InChI is InChI=1S/C19H17N5O3/c1-27-11-10-24-17(14-7-3-5-9-16(14)22-19(24)26)23-18(25)21-15-8-4-2-6-13(15)12-20/h2-9,14H,10-11H2,1H3,(H,21,25)/b23-17-. The van der Waals surface area contributed by atoms with Gasteiger partial charge in [0.25, 0.3) is 0 Å². The monoisotopic (exact) mass is 363 g/mol. The molecule has 0 spiro atoms. The van der Waals surface area contributed by atoms with Gasteiger partial charge < -0.3 is 10.1 Å². The number of carbonyl (C=O) groups is 2. The Kier molecular flexibility index (Phi) is 5.54. The average Bonchev–Trinajstić information content (AvgIpc) is 2.68. The summed E-state index contributed by atoms with van der Waals surface area (Å²) < 4.78 is 5.04. The van der Waals surface area contributed by atoms with Crippen LogP contribution in [0.2, 0.25) is 0 Å². The van der Waals surface area contributed by atoms with Crippen molar-refractivity contribution in [3.63, 3.8) is 0 Å². The number of para-hydroxylation sites is 1. The van der Waals surface area contributed by atoms with Gasteiger partial charge in [-0.3, -0.25) is 4.90 Å². The van der Waals surface area contributed by atoms with Gasteiger partial charge in [-0.05, 0) is 18.2 Å². The van der Waals surface area contributed by atoms with Crippen LogP contribution in [0.5, 0.6) is 0 Å². The van der Waals surface area contributed by atoms with Gasteiger partial charge >= 0.3 is 12.1 Å². The van der Waals surface area contributed by atoms with Gasteiger partial charge in [-0.15, -0.1) is 0 Å². The molecular formula is C19H17N5O3. The summed E-state index contributed by atoms with van der Waals surface area (Å²) in [7, 11) is 1.52. The van der Waals surface area contributed by atoms with Crippen LogP contribution in [0.4, 0.5) is 15.3 Å². The third-order valence-electron chi connectivity index (χ3n) is 4.03. The number of methoxy groups -OCH3 is 1. The molecule has 1 atom stereocenters. The average molecular weight is 363 g/mol. The lowest BCUT2D eigenvalue weighted by molar-refractivity contribution is 0.174. The second-order valence-corrected chi connectivity index (χ2v) is 5.74. The minimum atomic E-state index is -0.674. The van der Waals surface area contributed by atoms with E-state index in [2.05, 4.69) is 15.3 Å². The van der Waals surface area contributed by atoms with E-state index in [1.807, 2.05) is 18.2 Å². The van der Waals surface area contributed by atoms with E-state index >= 15 is 0 Å². The zero-order chi connectivity index (χ0) is 19.2. The highest BCUT2D eigenvalue weighted by Gasteiger charge is 2.34. The van der Waals surface area contributed by atoms with Gasteiger partial charge in [-0.25, -0.2) is 9.59 Å². The fourth-order valence-corrected chi connectivity index (χ4v) is 2.75. The van der Waals surface area contributed by atoms with Crippen LogP contribution >= 0.6 is 0 Å². The number of benzene rings is 1. The minimum Gasteiger partial charge on any atom is -0.383 e. The number of hydrogen-bond donors (Lipinski definition) is 1. The molecule has 1 unspecified atom stereocenters. The van der Waals surface area contributed by atoms with E-state index < -0.39 is 18.0 Å². The molecule has 0 radical (unpaired) electrons. The Morgan fingerprint density at radius 3 is 3.00 bits per heavy atom. The number of nitrogens with zero attached hydrogens (tertiary/aromatic N) is 4. The van der Waals surface area contributed by atoms with E-state index in [9.17, 15) is 9.59 Å². The first kappa shape index (κ1) is 18.2. The van der Waals surface area contributed by atoms with Crippen molar-refractivity contribution in [3.8, 4) is 6.07 Å². The van der Waals surface area contributed by atoms with Crippen LogP contribution in [0, 0.1) is 17.2 Å². The Morgan fingerprint density at radius 2 is 2.22 bits per heavy atom. The molecule has 1 N–H and O–H groups in total. The van der Waals surface area contributed by atoms with E-state index in [4.69, 9.17) is 10.00 Å². The number of fused-ring (bicyclic) bond motifs is 1. The van der Waals surface area contributed by atoms with Gasteiger partial charge in [0.1, 0.15) is 11.9 Å². The lowest BCUT2D eigenvalue weighted by Gasteiger charge is -2.31. The summed E-state index contributed by atoms with van der Waals surface area (Å²) in [5.74, 6) is -0.129. The molecule has 1 aromatic carbocycles. The molecule has 8 heteroatoms. The number of amides is 4. The van der Waals surface area contributed by atoms with Crippen LogP contribution in [-0.4, -0.2) is 48.8 Å². The fourth-order valence-electron chi connectivity index (χ4n) is 2.75. The van der Waals surface area contributed by atoms with Crippen LogP contribution in [0.15, 0.2) is 58.6 Å². The Balaban J connectivity index is 1.92. The third kappa shape index (κ3) is 3.99. The van der Waals surface area contributed by atoms with Gasteiger partial charge in [-0.2, -0.15) is 15.2 Å². The number of nitrogens with one attached hydrogen (secondary N) is 1. The summed E-state index contributed by atoms with van der Waals surface area (Å²) in [5.41, 5.74) is 1.21. The number of allylic oxidation sites excluding steroid dienone is 3. The van der Waals surface area contributed by atoms with Crippen molar-refractivity contribution in [3.05, 3.63) is 54.1 Å². The van der Waals surface area contributed by atoms with E-state index in [1.54, 1.807) is 36.4 Å². The maximum Gasteiger partial charge on any atom is 0.349 e. The largest absolute Gasteiger partial charge is 0.383 e. The summed E-state index contributed by atoms with van der Waals surface area (Å²) in [6.45, 7) is 0.502. The third-order valence-corrected chi connectivity index (χ3v) is 4.03. The summed E-state index contributed by atoms with van der Waals surface area (Å²) in [4.78, 5) is 34.4. The minimum absolute atomic E-state index is 0.223. The first-order valence-corrected chi connectivity index (χ1v) is 8.26. The fraction of sp³-hybridized carbons (Fsp3) is 0.211. The Bertz CT molecular complexity index is 924. The molecule has 0 saturated heterocycles. The molecule has 0 fully saturated rings. The van der Waals surface area contributed by atoms with E-state index in [-0.39, 0.29) is 19.0 Å². The Hall–Kier alpha value is -3.57. The van der Waals surface area contributed by atoms with Crippen molar-refractivity contribution in [2.75, 3.05) is 25.6 Å². The SMILES string of the molecule is COCCN1C(=O)N=C2C=CC=CC2/C1=N/C(=O)Nc1ccccc1C#N. The normalized spacial score (nSPS) is 19.5. The van der Waals surface area contributed by atoms with Gasteiger partial charge in [0.05, 0.1) is 36.0 Å². The molecule has 4 amide bonds. The number of aliphatic imine (C=N–C) groups is 2. The van der Waals surface area contributed by atoms with Crippen molar-refractivity contribution in [1.29, 1.82) is 5.26 Å². The molecule has 1 heterocycles. The van der Waals surface area contributed by atoms with Crippen molar-refractivity contribution in [2.45, 2.75) is 0 Å². The van der Waals surface area contributed by atoms with Gasteiger partial charge in [0.15, 0.2) is 0 Å². The summed E-state index contributed by atoms with van der Waals surface area (Å²) in [6.07, 6.45) is 7.12. The predicted molar refractivity (Wildman–Crippen MR) is 101 cm³/mol. The number of rotatable bonds is 4. The van der Waals surface area contributed by atoms with Crippen molar-refractivity contribution >= 4 is 29.3 Å². The molecule has 0 bridgehead atoms. The second kappa shape index (κ2) is 8.21. The first-order chi connectivity index (χ1) is 13.1. The smallest absolute Gasteiger partial charge is 0.349 e. The molecule has 27 heavy (non-hydrogen) atoms. The second-order valence-electron chi connectivity index (χ2n) is 5.74. The van der Waals surface area contributed by atoms with Gasteiger partial charge in [-0.1, -0.05) is 30.4 Å². The molecule has 0 saturated carbocycles. The highest BCUT2D eigenvalue weighted by molar-refractivity contribution is 6.24. The topological polar surface area (TPSA) is 107 Å². The number of urea groups is 2. The molecule has 1 aromatic rings. The van der Waals surface area contributed by atoms with Crippen molar-refractivity contribution < 1.29 is 14.3 Å². The molecule has 136 valence electrons. The molecule has 1 aliphatic heterocycles. The van der Waals surface area contributed by atoms with Crippen LogP contribution in [-0.2, 0) is 4.74 Å². The molecule has 8 nitrogen and oxygen atoms in total. The van der Waals surface area contributed by atoms with Crippen LogP contribution in [0.25, 0.3) is 0 Å². The maximum absolute atomic E-state index is 12.5. The van der Waals surface area contributed by atoms with E-state index in [0.29, 0.717) is 17.0 Å². The van der Waals surface area contributed by atoms with E-state index in [0.717, 1.165) is 0 Å². The highest BCUT2D eigenvalue weighted by Crippen LogP contribution is 2.21. The number of hydrogen-bond acceptors (Lipinski definition) is 4. The number of carbonyl (C=O) groups excluding carboxylic acids is 2. The lowest BCUT2D eigenvalue weighted by Crippen LogP contribution is -2.48. The van der Waals surface area contributed by atoms with Crippen LogP contribution in [0.1, 0.15) is 5.56 Å². The van der Waals surface area contributed by atoms with Crippen molar-refractivity contribution in [1.82, 2.24) is 4.90 Å². The molecule has 2 aliphatic rings. The van der Waals surface area contributed by atoms with E-state index in [1.165, 1.54) is 12.0 Å². The zero-order valence-corrected chi connectivity index (χ0v) is 14.6. The zero-order valence-electron chi connectivity index (χ0n) is 14.6. The van der Waals surface area contributed by atoms with Crippen LogP contribution in [0.3, 0.4) is 0 Å². The summed E-state index contributed by atoms with van der Waals surface area (Å²) in [6, 6.07) is 7.45. The maximum atomic E-state index is 12.5. The number of ether oxygens (including phenoxy) is 1. The molecule has 1 aliphatic carbocycles. The number of anilines is 1.